The lowest BCUT2D eigenvalue weighted by Gasteiger charge is -2.21. The molecule has 1 aromatic heterocycles. The molecule has 0 unspecified atom stereocenters. The molecule has 1 heterocycles. The molecule has 7 nitrogen and oxygen atoms in total. The number of benzene rings is 3. The van der Waals surface area contributed by atoms with E-state index in [0.29, 0.717) is 22.3 Å². The largest absolute Gasteiger partial charge is 0.483 e. The van der Waals surface area contributed by atoms with Crippen LogP contribution >= 0.6 is 11.3 Å². The topological polar surface area (TPSA) is 85.6 Å². The molecular weight excluding hydrogens is 462 g/mol. The lowest BCUT2D eigenvalue weighted by atomic mass is 10.0. The molecule has 8 heteroatoms. The molecule has 0 spiro atoms. The van der Waals surface area contributed by atoms with Gasteiger partial charge < -0.3 is 4.74 Å². The van der Waals surface area contributed by atoms with Gasteiger partial charge in [0.1, 0.15) is 5.75 Å². The maximum atomic E-state index is 13.5. The second-order valence-electron chi connectivity index (χ2n) is 8.37. The molecule has 178 valence electrons. The molecule has 4 aromatic rings. The number of carbonyl (C=O) groups is 1. The number of ether oxygens (including phenoxy) is 1. The van der Waals surface area contributed by atoms with Crippen molar-refractivity contribution in [3.05, 3.63) is 99.4 Å². The van der Waals surface area contributed by atoms with Crippen molar-refractivity contribution < 1.29 is 14.5 Å². The molecule has 1 amide bonds. The van der Waals surface area contributed by atoms with Crippen LogP contribution in [-0.2, 0) is 4.79 Å². The van der Waals surface area contributed by atoms with Crippen LogP contribution in [0.1, 0.15) is 30.9 Å². The number of carbonyl (C=O) groups excluding carboxylic acids is 1. The number of aryl methyl sites for hydroxylation is 1. The minimum atomic E-state index is -0.439. The smallest absolute Gasteiger partial charge is 0.271 e. The molecule has 0 saturated heterocycles. The van der Waals surface area contributed by atoms with Crippen LogP contribution in [0.4, 0.5) is 16.5 Å². The van der Waals surface area contributed by atoms with Gasteiger partial charge in [-0.3, -0.25) is 19.8 Å². The van der Waals surface area contributed by atoms with Crippen LogP contribution in [0.3, 0.4) is 0 Å². The molecule has 0 radical (unpaired) electrons. The fourth-order valence-electron chi connectivity index (χ4n) is 3.67. The fraction of sp³-hybridized carbons (Fsp3) is 0.185. The van der Waals surface area contributed by atoms with Crippen LogP contribution in [0.2, 0.25) is 0 Å². The second kappa shape index (κ2) is 10.5. The van der Waals surface area contributed by atoms with Crippen LogP contribution in [-0.4, -0.2) is 22.4 Å². The first-order valence-corrected chi connectivity index (χ1v) is 12.0. The van der Waals surface area contributed by atoms with Crippen LogP contribution in [0.5, 0.6) is 5.75 Å². The Hall–Kier alpha value is -4.04. The van der Waals surface area contributed by atoms with E-state index in [1.165, 1.54) is 23.5 Å². The van der Waals surface area contributed by atoms with Crippen molar-refractivity contribution in [2.24, 2.45) is 0 Å². The van der Waals surface area contributed by atoms with E-state index in [0.717, 1.165) is 16.7 Å². The Bertz CT molecular complexity index is 1350. The summed E-state index contributed by atoms with van der Waals surface area (Å²) in [7, 11) is 0. The lowest BCUT2D eigenvalue weighted by molar-refractivity contribution is -0.384. The van der Waals surface area contributed by atoms with E-state index >= 15 is 0 Å². The number of nitrogens with zero attached hydrogens (tertiary/aromatic N) is 3. The Balaban J connectivity index is 1.63. The predicted molar refractivity (Wildman–Crippen MR) is 139 cm³/mol. The number of para-hydroxylation sites is 1. The second-order valence-corrected chi connectivity index (χ2v) is 9.21. The Morgan fingerprint density at radius 3 is 2.51 bits per heavy atom. The minimum absolute atomic E-state index is 0.0135. The summed E-state index contributed by atoms with van der Waals surface area (Å²) in [4.78, 5) is 30.2. The molecule has 3 aromatic carbocycles. The van der Waals surface area contributed by atoms with Gasteiger partial charge in [-0.2, -0.15) is 0 Å². The van der Waals surface area contributed by atoms with Gasteiger partial charge in [0.2, 0.25) is 0 Å². The summed E-state index contributed by atoms with van der Waals surface area (Å²) in [6.45, 7) is 5.98. The van der Waals surface area contributed by atoms with Crippen molar-refractivity contribution in [1.82, 2.24) is 4.98 Å². The van der Waals surface area contributed by atoms with Gasteiger partial charge in [-0.25, -0.2) is 4.98 Å². The highest BCUT2D eigenvalue weighted by atomic mass is 32.1. The van der Waals surface area contributed by atoms with Crippen LogP contribution in [0.25, 0.3) is 11.3 Å². The van der Waals surface area contributed by atoms with Crippen molar-refractivity contribution >= 4 is 33.8 Å². The molecule has 0 bridgehead atoms. The van der Waals surface area contributed by atoms with Crippen molar-refractivity contribution in [2.45, 2.75) is 26.7 Å². The maximum absolute atomic E-state index is 13.5. The van der Waals surface area contributed by atoms with E-state index in [-0.39, 0.29) is 24.1 Å². The Labute approximate surface area is 207 Å². The minimum Gasteiger partial charge on any atom is -0.483 e. The number of non-ortho nitro benzene ring substituents is 1. The summed E-state index contributed by atoms with van der Waals surface area (Å²) in [6.07, 6.45) is 0. The number of anilines is 2. The predicted octanol–water partition coefficient (Wildman–Crippen LogP) is 6.89. The summed E-state index contributed by atoms with van der Waals surface area (Å²) in [5.74, 6) is 0.696. The third-order valence-corrected chi connectivity index (χ3v) is 6.28. The van der Waals surface area contributed by atoms with Gasteiger partial charge in [0.25, 0.3) is 11.6 Å². The van der Waals surface area contributed by atoms with Gasteiger partial charge >= 0.3 is 0 Å². The van der Waals surface area contributed by atoms with Gasteiger partial charge in [-0.1, -0.05) is 44.2 Å². The van der Waals surface area contributed by atoms with E-state index in [4.69, 9.17) is 4.74 Å². The summed E-state index contributed by atoms with van der Waals surface area (Å²) < 4.78 is 5.96. The number of hydrogen-bond donors (Lipinski definition) is 0. The van der Waals surface area contributed by atoms with Crippen molar-refractivity contribution in [3.63, 3.8) is 0 Å². The normalized spacial score (nSPS) is 10.9. The van der Waals surface area contributed by atoms with Crippen LogP contribution in [0, 0.1) is 17.0 Å². The summed E-state index contributed by atoms with van der Waals surface area (Å²) in [6, 6.07) is 21.6. The van der Waals surface area contributed by atoms with Crippen LogP contribution < -0.4 is 9.64 Å². The van der Waals surface area contributed by atoms with Crippen molar-refractivity contribution in [2.75, 3.05) is 11.5 Å². The highest BCUT2D eigenvalue weighted by Gasteiger charge is 2.23. The quantitative estimate of drug-likeness (QED) is 0.199. The molecule has 0 aliphatic carbocycles. The Kier molecular flexibility index (Phi) is 7.22. The molecule has 0 aliphatic heterocycles. The van der Waals surface area contributed by atoms with E-state index in [1.807, 2.05) is 60.8 Å². The van der Waals surface area contributed by atoms with Crippen molar-refractivity contribution in [1.29, 1.82) is 0 Å². The van der Waals surface area contributed by atoms with Gasteiger partial charge in [0.15, 0.2) is 11.7 Å². The third-order valence-electron chi connectivity index (χ3n) is 5.46. The first-order chi connectivity index (χ1) is 16.8. The summed E-state index contributed by atoms with van der Waals surface area (Å²) in [5.41, 5.74) is 4.13. The molecular formula is C27H25N3O4S. The van der Waals surface area contributed by atoms with Gasteiger partial charge in [-0.15, -0.1) is 11.3 Å². The first kappa shape index (κ1) is 24.1. The third kappa shape index (κ3) is 5.55. The van der Waals surface area contributed by atoms with E-state index in [2.05, 4.69) is 18.8 Å². The monoisotopic (exact) mass is 487 g/mol. The molecule has 0 aliphatic rings. The lowest BCUT2D eigenvalue weighted by Crippen LogP contribution is -2.31. The fourth-order valence-corrected chi connectivity index (χ4v) is 4.54. The number of amides is 1. The number of hydrogen-bond acceptors (Lipinski definition) is 6. The molecule has 35 heavy (non-hydrogen) atoms. The highest BCUT2D eigenvalue weighted by Crippen LogP contribution is 2.34. The van der Waals surface area contributed by atoms with E-state index < -0.39 is 4.92 Å². The molecule has 0 fully saturated rings. The number of rotatable bonds is 8. The zero-order chi connectivity index (χ0) is 24.9. The SMILES string of the molecule is Cc1cccc(N(C(=O)COc2ccccc2C(C)C)c2nc(-c3ccc([N+](=O)[O-])cc3)cs2)c1. The molecule has 4 rings (SSSR count). The molecule has 0 atom stereocenters. The molecule has 0 saturated carbocycles. The standard InChI is InChI=1S/C27H25N3O4S/c1-18(2)23-9-4-5-10-25(23)34-16-26(31)29(22-8-6-7-19(3)15-22)27-28-24(17-35-27)20-11-13-21(14-12-20)30(32)33/h4-15,17-18H,16H2,1-3H3. The van der Waals surface area contributed by atoms with E-state index in [1.54, 1.807) is 17.0 Å². The van der Waals surface area contributed by atoms with Gasteiger partial charge in [0, 0.05) is 23.1 Å². The zero-order valence-electron chi connectivity index (χ0n) is 19.7. The summed E-state index contributed by atoms with van der Waals surface area (Å²) in [5, 5.41) is 13.3. The first-order valence-electron chi connectivity index (χ1n) is 11.1. The Morgan fingerprint density at radius 2 is 1.83 bits per heavy atom. The number of nitro benzene ring substituents is 1. The zero-order valence-corrected chi connectivity index (χ0v) is 20.5. The van der Waals surface area contributed by atoms with E-state index in [9.17, 15) is 14.9 Å². The van der Waals surface area contributed by atoms with Gasteiger partial charge in [0.05, 0.1) is 16.3 Å². The number of aromatic nitrogens is 1. The van der Waals surface area contributed by atoms with Crippen molar-refractivity contribution in [3.8, 4) is 17.0 Å². The highest BCUT2D eigenvalue weighted by molar-refractivity contribution is 7.14. The van der Waals surface area contributed by atoms with Gasteiger partial charge in [-0.05, 0) is 54.3 Å². The summed E-state index contributed by atoms with van der Waals surface area (Å²) >= 11 is 1.33. The number of nitro groups is 1. The average Bonchev–Trinajstić information content (AvgIpc) is 3.33. The Morgan fingerprint density at radius 1 is 1.09 bits per heavy atom. The van der Waals surface area contributed by atoms with Crippen LogP contribution in [0.15, 0.2) is 78.2 Å². The maximum Gasteiger partial charge on any atom is 0.271 e. The number of thiazole rings is 1. The average molecular weight is 488 g/mol. The molecule has 0 N–H and O–H groups in total.